The molecular weight excluding hydrogens is 286 g/mol. The van der Waals surface area contributed by atoms with Crippen LogP contribution in [0.2, 0.25) is 0 Å². The molecule has 3 amide bonds. The molecule has 0 spiro atoms. The smallest absolute Gasteiger partial charge is 0.262 e. The molecule has 0 aromatic rings. The van der Waals surface area contributed by atoms with E-state index in [-0.39, 0.29) is 36.6 Å². The highest BCUT2D eigenvalue weighted by Gasteiger charge is 2.26. The number of amides is 3. The van der Waals surface area contributed by atoms with Gasteiger partial charge in [0.2, 0.25) is 11.8 Å². The van der Waals surface area contributed by atoms with Crippen molar-refractivity contribution in [3.63, 3.8) is 0 Å². The Labute approximate surface area is 132 Å². The third-order valence-corrected chi connectivity index (χ3v) is 3.19. The van der Waals surface area contributed by atoms with E-state index < -0.39 is 11.8 Å². The number of carbonyl (C=O) groups excluding carboxylic acids is 3. The van der Waals surface area contributed by atoms with Gasteiger partial charge >= 0.3 is 0 Å². The number of nitrogens with one attached hydrogen (secondary N) is 2. The first-order chi connectivity index (χ1) is 10.2. The summed E-state index contributed by atoms with van der Waals surface area (Å²) in [6, 6.07) is 0. The lowest BCUT2D eigenvalue weighted by molar-refractivity contribution is -0.141. The van der Waals surface area contributed by atoms with Gasteiger partial charge in [-0.05, 0) is 18.3 Å². The Hall–Kier alpha value is -1.63. The summed E-state index contributed by atoms with van der Waals surface area (Å²) in [5, 5.41) is 11.2. The molecule has 0 radical (unpaired) electrons. The lowest BCUT2D eigenvalue weighted by Gasteiger charge is -2.26. The topological polar surface area (TPSA) is 98.7 Å². The second kappa shape index (κ2) is 10.2. The molecule has 0 aromatic carbocycles. The molecule has 1 atom stereocenters. The zero-order valence-electron chi connectivity index (χ0n) is 14.2. The minimum atomic E-state index is -0.644. The maximum atomic E-state index is 12.4. The molecule has 3 N–H and O–H groups in total. The summed E-state index contributed by atoms with van der Waals surface area (Å²) in [5.74, 6) is -1.02. The molecule has 1 unspecified atom stereocenters. The van der Waals surface area contributed by atoms with Crippen LogP contribution in [-0.4, -0.2) is 48.0 Å². The number of hydrogen-bond donors (Lipinski definition) is 3. The molecule has 0 saturated carbocycles. The highest BCUT2D eigenvalue weighted by molar-refractivity contribution is 5.88. The van der Waals surface area contributed by atoms with Gasteiger partial charge in [-0.15, -0.1) is 0 Å². The first-order valence-corrected chi connectivity index (χ1v) is 7.63. The molecule has 0 aliphatic rings. The molecular formula is C15H29N3O4. The summed E-state index contributed by atoms with van der Waals surface area (Å²) in [6.45, 7) is 8.03. The Morgan fingerprint density at radius 1 is 1.09 bits per heavy atom. The largest absolute Gasteiger partial charge is 0.359 e. The molecule has 0 aromatic heterocycles. The van der Waals surface area contributed by atoms with E-state index in [2.05, 4.69) is 5.32 Å². The molecule has 0 aliphatic carbocycles. The first kappa shape index (κ1) is 20.4. The van der Waals surface area contributed by atoms with E-state index in [1.807, 2.05) is 27.7 Å². The van der Waals surface area contributed by atoms with Crippen LogP contribution in [0.25, 0.3) is 0 Å². The maximum Gasteiger partial charge on any atom is 0.262 e. The van der Waals surface area contributed by atoms with Crippen LogP contribution in [0.15, 0.2) is 0 Å². The van der Waals surface area contributed by atoms with Gasteiger partial charge in [0.05, 0.1) is 0 Å². The molecule has 0 rings (SSSR count). The summed E-state index contributed by atoms with van der Waals surface area (Å²) in [5.41, 5.74) is 1.53. The van der Waals surface area contributed by atoms with E-state index >= 15 is 0 Å². The molecule has 128 valence electrons. The van der Waals surface area contributed by atoms with Crippen molar-refractivity contribution >= 4 is 17.7 Å². The van der Waals surface area contributed by atoms with Gasteiger partial charge in [0, 0.05) is 25.9 Å². The van der Waals surface area contributed by atoms with Crippen LogP contribution in [0.4, 0.5) is 0 Å². The third-order valence-electron chi connectivity index (χ3n) is 3.19. The van der Waals surface area contributed by atoms with Gasteiger partial charge in [0.25, 0.3) is 5.91 Å². The van der Waals surface area contributed by atoms with Crippen molar-refractivity contribution in [2.24, 2.45) is 17.8 Å². The Balaban J connectivity index is 4.93. The van der Waals surface area contributed by atoms with Gasteiger partial charge in [0.1, 0.15) is 6.54 Å². The van der Waals surface area contributed by atoms with Crippen molar-refractivity contribution in [3.05, 3.63) is 0 Å². The van der Waals surface area contributed by atoms with Crippen molar-refractivity contribution in [2.75, 3.05) is 20.1 Å². The second-order valence-electron chi connectivity index (χ2n) is 6.35. The second-order valence-corrected chi connectivity index (χ2v) is 6.35. The van der Waals surface area contributed by atoms with Crippen LogP contribution in [0.5, 0.6) is 0 Å². The molecule has 0 heterocycles. The maximum absolute atomic E-state index is 12.4. The number of carbonyl (C=O) groups is 3. The summed E-state index contributed by atoms with van der Waals surface area (Å²) in [7, 11) is 1.55. The van der Waals surface area contributed by atoms with Crippen molar-refractivity contribution in [1.82, 2.24) is 15.7 Å². The number of hydroxylamine groups is 1. The summed E-state index contributed by atoms with van der Waals surface area (Å²) < 4.78 is 0. The lowest BCUT2D eigenvalue weighted by Crippen LogP contribution is -2.43. The van der Waals surface area contributed by atoms with E-state index in [1.54, 1.807) is 7.05 Å². The highest BCUT2D eigenvalue weighted by Crippen LogP contribution is 2.17. The number of nitrogens with zero attached hydrogens (tertiary/aromatic N) is 1. The monoisotopic (exact) mass is 315 g/mol. The van der Waals surface area contributed by atoms with Gasteiger partial charge in [0.15, 0.2) is 0 Å². The zero-order valence-corrected chi connectivity index (χ0v) is 14.2. The summed E-state index contributed by atoms with van der Waals surface area (Å²) in [4.78, 5) is 37.0. The van der Waals surface area contributed by atoms with E-state index in [0.29, 0.717) is 13.0 Å². The molecule has 7 nitrogen and oxygen atoms in total. The first-order valence-electron chi connectivity index (χ1n) is 7.63. The van der Waals surface area contributed by atoms with E-state index in [1.165, 1.54) is 10.4 Å². The van der Waals surface area contributed by atoms with E-state index in [4.69, 9.17) is 5.21 Å². The normalized spacial score (nSPS) is 12.2. The van der Waals surface area contributed by atoms with Gasteiger partial charge in [-0.25, -0.2) is 5.48 Å². The predicted octanol–water partition coefficient (Wildman–Crippen LogP) is 0.775. The molecule has 7 heteroatoms. The average Bonchev–Trinajstić information content (AvgIpc) is 2.43. The van der Waals surface area contributed by atoms with Crippen LogP contribution >= 0.6 is 0 Å². The van der Waals surface area contributed by atoms with Gasteiger partial charge in [-0.2, -0.15) is 0 Å². The third kappa shape index (κ3) is 7.97. The quantitative estimate of drug-likeness (QED) is 0.432. The van der Waals surface area contributed by atoms with Crippen LogP contribution in [0.3, 0.4) is 0 Å². The SMILES string of the molecule is CNC(=O)C(CC(=O)N(CC(=O)NO)CC(C)C)CC(C)C. The van der Waals surface area contributed by atoms with Crippen LogP contribution in [-0.2, 0) is 14.4 Å². The Morgan fingerprint density at radius 3 is 2.09 bits per heavy atom. The Morgan fingerprint density at radius 2 is 1.68 bits per heavy atom. The molecule has 0 fully saturated rings. The van der Waals surface area contributed by atoms with E-state index in [0.717, 1.165) is 0 Å². The number of rotatable bonds is 9. The summed E-state index contributed by atoms with van der Waals surface area (Å²) in [6.07, 6.45) is 0.663. The zero-order chi connectivity index (χ0) is 17.3. The van der Waals surface area contributed by atoms with Crippen LogP contribution in [0.1, 0.15) is 40.5 Å². The molecule has 0 bridgehead atoms. The van der Waals surface area contributed by atoms with Crippen LogP contribution in [0, 0.1) is 17.8 Å². The van der Waals surface area contributed by atoms with Gasteiger partial charge < -0.3 is 10.2 Å². The van der Waals surface area contributed by atoms with Crippen molar-refractivity contribution in [3.8, 4) is 0 Å². The molecule has 22 heavy (non-hydrogen) atoms. The average molecular weight is 315 g/mol. The van der Waals surface area contributed by atoms with Crippen molar-refractivity contribution in [2.45, 2.75) is 40.5 Å². The lowest BCUT2D eigenvalue weighted by atomic mass is 9.92. The standard InChI is InChI=1S/C15H29N3O4/c1-10(2)6-12(15(21)16-5)7-14(20)18(8-11(3)4)9-13(19)17-22/h10-12,22H,6-9H2,1-5H3,(H,16,21)(H,17,19). The Kier molecular flexibility index (Phi) is 9.40. The fourth-order valence-electron chi connectivity index (χ4n) is 2.30. The summed E-state index contributed by atoms with van der Waals surface area (Å²) >= 11 is 0. The fraction of sp³-hybridized carbons (Fsp3) is 0.800. The minimum absolute atomic E-state index is 0.0588. The number of hydrogen-bond acceptors (Lipinski definition) is 4. The van der Waals surface area contributed by atoms with Crippen molar-refractivity contribution in [1.29, 1.82) is 0 Å². The molecule has 0 saturated heterocycles. The van der Waals surface area contributed by atoms with Crippen LogP contribution < -0.4 is 10.8 Å². The van der Waals surface area contributed by atoms with Gasteiger partial charge in [-0.1, -0.05) is 27.7 Å². The molecule has 0 aliphatic heterocycles. The van der Waals surface area contributed by atoms with Gasteiger partial charge in [-0.3, -0.25) is 19.6 Å². The van der Waals surface area contributed by atoms with Crippen molar-refractivity contribution < 1.29 is 19.6 Å². The Bertz CT molecular complexity index is 383. The highest BCUT2D eigenvalue weighted by atomic mass is 16.5. The minimum Gasteiger partial charge on any atom is -0.359 e. The predicted molar refractivity (Wildman–Crippen MR) is 83.0 cm³/mol. The van der Waals surface area contributed by atoms with E-state index in [9.17, 15) is 14.4 Å². The fourth-order valence-corrected chi connectivity index (χ4v) is 2.30.